The third-order valence-corrected chi connectivity index (χ3v) is 6.02. The maximum absolute atomic E-state index is 5.34. The van der Waals surface area contributed by atoms with Gasteiger partial charge >= 0.3 is 0 Å². The molecular formula is C30H30O3. The summed E-state index contributed by atoms with van der Waals surface area (Å²) in [5, 5.41) is 0. The highest BCUT2D eigenvalue weighted by molar-refractivity contribution is 5.45. The van der Waals surface area contributed by atoms with Gasteiger partial charge in [-0.3, -0.25) is 0 Å². The Bertz CT molecular complexity index is 1090. The molecule has 0 saturated carbocycles. The van der Waals surface area contributed by atoms with Gasteiger partial charge in [-0.2, -0.15) is 0 Å². The van der Waals surface area contributed by atoms with Gasteiger partial charge in [-0.05, 0) is 89.0 Å². The van der Waals surface area contributed by atoms with Crippen molar-refractivity contribution < 1.29 is 14.2 Å². The van der Waals surface area contributed by atoms with E-state index in [2.05, 4.69) is 54.6 Å². The monoisotopic (exact) mass is 438 g/mol. The first kappa shape index (κ1) is 22.5. The second kappa shape index (κ2) is 10.7. The van der Waals surface area contributed by atoms with Gasteiger partial charge < -0.3 is 14.2 Å². The van der Waals surface area contributed by atoms with Crippen LogP contribution in [-0.2, 0) is 19.3 Å². The Morgan fingerprint density at radius 3 is 1.09 bits per heavy atom. The molecule has 0 unspecified atom stereocenters. The lowest BCUT2D eigenvalue weighted by molar-refractivity contribution is 0.414. The Morgan fingerprint density at radius 1 is 0.424 bits per heavy atom. The topological polar surface area (TPSA) is 27.7 Å². The first-order valence-corrected chi connectivity index (χ1v) is 11.2. The van der Waals surface area contributed by atoms with Gasteiger partial charge in [-0.15, -0.1) is 0 Å². The number of methoxy groups -OCH3 is 3. The third-order valence-electron chi connectivity index (χ3n) is 6.02. The molecule has 0 atom stereocenters. The van der Waals surface area contributed by atoms with E-state index in [1.807, 2.05) is 36.4 Å². The Morgan fingerprint density at radius 2 is 0.758 bits per heavy atom. The summed E-state index contributed by atoms with van der Waals surface area (Å²) in [7, 11) is 5.10. The fourth-order valence-electron chi connectivity index (χ4n) is 4.12. The van der Waals surface area contributed by atoms with Crippen molar-refractivity contribution >= 4 is 0 Å². The van der Waals surface area contributed by atoms with E-state index >= 15 is 0 Å². The zero-order chi connectivity index (χ0) is 23.0. The number of benzene rings is 4. The van der Waals surface area contributed by atoms with Crippen molar-refractivity contribution in [1.29, 1.82) is 0 Å². The summed E-state index contributed by atoms with van der Waals surface area (Å²) >= 11 is 0. The summed E-state index contributed by atoms with van der Waals surface area (Å²) in [6.45, 7) is 0. The van der Waals surface area contributed by atoms with Crippen molar-refractivity contribution in [3.05, 3.63) is 124 Å². The van der Waals surface area contributed by atoms with Gasteiger partial charge in [0.2, 0.25) is 0 Å². The molecule has 0 heterocycles. The van der Waals surface area contributed by atoms with Gasteiger partial charge in [0.05, 0.1) is 21.3 Å². The minimum atomic E-state index is 0.877. The molecular weight excluding hydrogens is 408 g/mol. The second-order valence-corrected chi connectivity index (χ2v) is 8.13. The number of ether oxygens (including phenoxy) is 3. The highest BCUT2D eigenvalue weighted by Gasteiger charge is 2.12. The molecule has 0 aliphatic heterocycles. The van der Waals surface area contributed by atoms with Crippen LogP contribution >= 0.6 is 0 Å². The van der Waals surface area contributed by atoms with E-state index in [0.717, 1.165) is 36.5 Å². The predicted molar refractivity (Wildman–Crippen MR) is 134 cm³/mol. The highest BCUT2D eigenvalue weighted by atomic mass is 16.5. The minimum absolute atomic E-state index is 0.877. The molecule has 3 nitrogen and oxygen atoms in total. The first-order chi connectivity index (χ1) is 16.2. The number of hydrogen-bond donors (Lipinski definition) is 0. The lowest BCUT2D eigenvalue weighted by atomic mass is 9.89. The van der Waals surface area contributed by atoms with E-state index in [-0.39, 0.29) is 0 Å². The molecule has 168 valence electrons. The van der Waals surface area contributed by atoms with Crippen LogP contribution in [0.15, 0.2) is 91.0 Å². The fourth-order valence-corrected chi connectivity index (χ4v) is 4.12. The molecule has 0 fully saturated rings. The van der Waals surface area contributed by atoms with E-state index in [9.17, 15) is 0 Å². The molecule has 0 N–H and O–H groups in total. The maximum Gasteiger partial charge on any atom is 0.118 e. The molecule has 3 heteroatoms. The summed E-state index contributed by atoms with van der Waals surface area (Å²) in [6.07, 6.45) is 2.64. The van der Waals surface area contributed by atoms with E-state index in [1.165, 1.54) is 33.4 Å². The van der Waals surface area contributed by atoms with Crippen LogP contribution in [0.2, 0.25) is 0 Å². The summed E-state index contributed by atoms with van der Waals surface area (Å²) < 4.78 is 16.0. The van der Waals surface area contributed by atoms with E-state index in [4.69, 9.17) is 14.2 Å². The van der Waals surface area contributed by atoms with Gasteiger partial charge in [-0.25, -0.2) is 0 Å². The molecule has 0 spiro atoms. The molecule has 33 heavy (non-hydrogen) atoms. The summed E-state index contributed by atoms with van der Waals surface area (Å²) in [6, 6.07) is 31.7. The molecule has 0 aliphatic carbocycles. The molecule has 4 aromatic rings. The van der Waals surface area contributed by atoms with E-state index in [0.29, 0.717) is 0 Å². The van der Waals surface area contributed by atoms with Crippen LogP contribution in [0, 0.1) is 0 Å². The van der Waals surface area contributed by atoms with E-state index in [1.54, 1.807) is 21.3 Å². The molecule has 4 aromatic carbocycles. The quantitative estimate of drug-likeness (QED) is 0.299. The zero-order valence-electron chi connectivity index (χ0n) is 19.5. The van der Waals surface area contributed by atoms with Gasteiger partial charge in [0, 0.05) is 0 Å². The van der Waals surface area contributed by atoms with Crippen molar-refractivity contribution in [3.63, 3.8) is 0 Å². The third kappa shape index (κ3) is 5.75. The molecule has 0 radical (unpaired) electrons. The van der Waals surface area contributed by atoms with Crippen LogP contribution in [0.25, 0.3) is 0 Å². The Hall–Kier alpha value is -3.72. The van der Waals surface area contributed by atoms with Crippen molar-refractivity contribution in [2.45, 2.75) is 19.3 Å². The molecule has 4 rings (SSSR count). The van der Waals surface area contributed by atoms with Crippen molar-refractivity contribution in [1.82, 2.24) is 0 Å². The van der Waals surface area contributed by atoms with Gasteiger partial charge in [0.1, 0.15) is 17.2 Å². The largest absolute Gasteiger partial charge is 0.497 e. The lowest BCUT2D eigenvalue weighted by Crippen LogP contribution is -2.04. The molecule has 0 amide bonds. The standard InChI is InChI=1S/C30H30O3/c1-31-27-13-7-22(8-14-27)19-25-5-4-6-26(20-23-9-15-28(32-2)16-10-23)30(25)21-24-11-17-29(33-3)18-12-24/h4-18H,19-21H2,1-3H3. The summed E-state index contributed by atoms with van der Waals surface area (Å²) in [5.74, 6) is 2.64. The van der Waals surface area contributed by atoms with Gasteiger partial charge in [0.25, 0.3) is 0 Å². The maximum atomic E-state index is 5.34. The van der Waals surface area contributed by atoms with Crippen molar-refractivity contribution in [2.75, 3.05) is 21.3 Å². The van der Waals surface area contributed by atoms with Crippen LogP contribution in [0.5, 0.6) is 17.2 Å². The SMILES string of the molecule is COc1ccc(Cc2cccc(Cc3ccc(OC)cc3)c2Cc2ccc(OC)cc2)cc1. The fraction of sp³-hybridized carbons (Fsp3) is 0.200. The normalized spacial score (nSPS) is 10.6. The van der Waals surface area contributed by atoms with Crippen molar-refractivity contribution in [3.8, 4) is 17.2 Å². The number of rotatable bonds is 9. The average Bonchev–Trinajstić information content (AvgIpc) is 2.87. The first-order valence-electron chi connectivity index (χ1n) is 11.2. The molecule has 0 aromatic heterocycles. The van der Waals surface area contributed by atoms with Crippen LogP contribution in [0.3, 0.4) is 0 Å². The van der Waals surface area contributed by atoms with Gasteiger partial charge in [-0.1, -0.05) is 54.6 Å². The smallest absolute Gasteiger partial charge is 0.118 e. The van der Waals surface area contributed by atoms with Crippen LogP contribution in [0.4, 0.5) is 0 Å². The zero-order valence-corrected chi connectivity index (χ0v) is 19.5. The highest BCUT2D eigenvalue weighted by Crippen LogP contribution is 2.26. The Labute approximate surface area is 196 Å². The summed E-state index contributed by atoms with van der Waals surface area (Å²) in [5.41, 5.74) is 7.90. The summed E-state index contributed by atoms with van der Waals surface area (Å²) in [4.78, 5) is 0. The Balaban J connectivity index is 1.67. The predicted octanol–water partition coefficient (Wildman–Crippen LogP) is 6.48. The average molecular weight is 439 g/mol. The van der Waals surface area contributed by atoms with Crippen LogP contribution in [-0.4, -0.2) is 21.3 Å². The molecule has 0 aliphatic rings. The van der Waals surface area contributed by atoms with Gasteiger partial charge in [0.15, 0.2) is 0 Å². The Kier molecular flexibility index (Phi) is 7.31. The van der Waals surface area contributed by atoms with Crippen LogP contribution < -0.4 is 14.2 Å². The van der Waals surface area contributed by atoms with Crippen LogP contribution in [0.1, 0.15) is 33.4 Å². The molecule has 0 saturated heterocycles. The minimum Gasteiger partial charge on any atom is -0.497 e. The second-order valence-electron chi connectivity index (χ2n) is 8.13. The molecule has 0 bridgehead atoms. The lowest BCUT2D eigenvalue weighted by Gasteiger charge is -2.16. The van der Waals surface area contributed by atoms with E-state index < -0.39 is 0 Å². The number of hydrogen-bond acceptors (Lipinski definition) is 3. The van der Waals surface area contributed by atoms with Crippen molar-refractivity contribution in [2.24, 2.45) is 0 Å².